The van der Waals surface area contributed by atoms with Crippen LogP contribution >= 0.6 is 11.6 Å². The largest absolute Gasteiger partial charge is 0.481 e. The van der Waals surface area contributed by atoms with Crippen LogP contribution in [0.2, 0.25) is 5.02 Å². The maximum Gasteiger partial charge on any atom is 0.309 e. The van der Waals surface area contributed by atoms with Gasteiger partial charge in [0.05, 0.1) is 24.0 Å². The molecule has 7 heteroatoms. The number of hydrogen-bond acceptors (Lipinski definition) is 3. The van der Waals surface area contributed by atoms with Crippen molar-refractivity contribution in [2.45, 2.75) is 6.42 Å². The molecule has 2 rings (SSSR count). The van der Waals surface area contributed by atoms with Crippen LogP contribution in [0.25, 0.3) is 5.69 Å². The van der Waals surface area contributed by atoms with Crippen LogP contribution in [0.1, 0.15) is 5.69 Å². The minimum absolute atomic E-state index is 0.205. The first-order chi connectivity index (χ1) is 8.06. The van der Waals surface area contributed by atoms with Crippen LogP contribution in [0.15, 0.2) is 24.4 Å². The standard InChI is InChI=1S/C10H7ClFN3O2/c11-6-1-7(12)3-8(2-6)15-9(4-10(16)17)5-13-14-15/h1-3,5H,4H2,(H,16,17). The van der Waals surface area contributed by atoms with E-state index in [0.29, 0.717) is 11.4 Å². The van der Waals surface area contributed by atoms with Gasteiger partial charge in [-0.15, -0.1) is 5.10 Å². The summed E-state index contributed by atoms with van der Waals surface area (Å²) in [5, 5.41) is 16.2. The Labute approximate surface area is 100 Å². The second-order valence-electron chi connectivity index (χ2n) is 3.34. The molecule has 1 heterocycles. The summed E-state index contributed by atoms with van der Waals surface area (Å²) in [6.45, 7) is 0. The van der Waals surface area contributed by atoms with Crippen molar-refractivity contribution in [2.24, 2.45) is 0 Å². The van der Waals surface area contributed by atoms with Gasteiger partial charge in [0.1, 0.15) is 5.82 Å². The van der Waals surface area contributed by atoms with Crippen LogP contribution in [-0.2, 0) is 11.2 Å². The third-order valence-corrected chi connectivity index (χ3v) is 2.26. The Morgan fingerprint density at radius 1 is 1.47 bits per heavy atom. The Hall–Kier alpha value is -1.95. The molecule has 2 aromatic rings. The molecule has 1 aromatic carbocycles. The number of halogens is 2. The Kier molecular flexibility index (Phi) is 3.06. The molecule has 0 amide bonds. The van der Waals surface area contributed by atoms with E-state index in [9.17, 15) is 9.18 Å². The first kappa shape index (κ1) is 11.5. The molecule has 0 aliphatic rings. The fourth-order valence-electron chi connectivity index (χ4n) is 1.41. The minimum atomic E-state index is -1.02. The molecule has 0 saturated heterocycles. The van der Waals surface area contributed by atoms with Gasteiger partial charge in [0.2, 0.25) is 0 Å². The highest BCUT2D eigenvalue weighted by atomic mass is 35.5. The van der Waals surface area contributed by atoms with Gasteiger partial charge in [-0.25, -0.2) is 9.07 Å². The average Bonchev–Trinajstić information content (AvgIpc) is 2.63. The van der Waals surface area contributed by atoms with E-state index in [2.05, 4.69) is 10.3 Å². The van der Waals surface area contributed by atoms with Crippen molar-refractivity contribution in [3.05, 3.63) is 40.9 Å². The number of aliphatic carboxylic acids is 1. The Morgan fingerprint density at radius 2 is 2.24 bits per heavy atom. The van der Waals surface area contributed by atoms with Crippen molar-refractivity contribution >= 4 is 17.6 Å². The quantitative estimate of drug-likeness (QED) is 0.906. The number of carboxylic acids is 1. The normalized spacial score (nSPS) is 10.5. The van der Waals surface area contributed by atoms with E-state index in [1.54, 1.807) is 0 Å². The van der Waals surface area contributed by atoms with Gasteiger partial charge in [-0.1, -0.05) is 16.8 Å². The highest BCUT2D eigenvalue weighted by molar-refractivity contribution is 6.30. The summed E-state index contributed by atoms with van der Waals surface area (Å²) >= 11 is 5.71. The van der Waals surface area contributed by atoms with Crippen molar-refractivity contribution in [1.29, 1.82) is 0 Å². The van der Waals surface area contributed by atoms with E-state index in [1.165, 1.54) is 23.0 Å². The zero-order valence-electron chi connectivity index (χ0n) is 8.47. The Morgan fingerprint density at radius 3 is 2.88 bits per heavy atom. The van der Waals surface area contributed by atoms with Crippen LogP contribution in [0.3, 0.4) is 0 Å². The van der Waals surface area contributed by atoms with Crippen molar-refractivity contribution in [1.82, 2.24) is 15.0 Å². The summed E-state index contributed by atoms with van der Waals surface area (Å²) in [6.07, 6.45) is 1.06. The first-order valence-electron chi connectivity index (χ1n) is 4.64. The number of carboxylic acid groups (broad SMARTS) is 1. The average molecular weight is 256 g/mol. The van der Waals surface area contributed by atoms with Gasteiger partial charge in [0.25, 0.3) is 0 Å². The van der Waals surface area contributed by atoms with Gasteiger partial charge in [0, 0.05) is 5.02 Å². The maximum atomic E-state index is 13.2. The molecule has 1 N–H and O–H groups in total. The number of nitrogens with zero attached hydrogens (tertiary/aromatic N) is 3. The molecule has 5 nitrogen and oxygen atoms in total. The molecule has 1 aromatic heterocycles. The molecule has 0 radical (unpaired) electrons. The predicted molar refractivity (Wildman–Crippen MR) is 57.7 cm³/mol. The summed E-state index contributed by atoms with van der Waals surface area (Å²) < 4.78 is 14.4. The predicted octanol–water partition coefficient (Wildman–Crippen LogP) is 1.69. The van der Waals surface area contributed by atoms with Crippen molar-refractivity contribution in [3.8, 4) is 5.69 Å². The molecule has 0 fully saturated rings. The SMILES string of the molecule is O=C(O)Cc1cnnn1-c1cc(F)cc(Cl)c1. The molecule has 0 unspecified atom stereocenters. The second kappa shape index (κ2) is 4.50. The molecule has 88 valence electrons. The van der Waals surface area contributed by atoms with E-state index in [4.69, 9.17) is 16.7 Å². The zero-order chi connectivity index (χ0) is 12.4. The van der Waals surface area contributed by atoms with E-state index >= 15 is 0 Å². The van der Waals surface area contributed by atoms with Gasteiger partial charge in [-0.05, 0) is 18.2 Å². The third-order valence-electron chi connectivity index (χ3n) is 2.04. The molecule has 0 aliphatic heterocycles. The highest BCUT2D eigenvalue weighted by Crippen LogP contribution is 2.18. The third kappa shape index (κ3) is 2.59. The van der Waals surface area contributed by atoms with Crippen LogP contribution in [0, 0.1) is 5.82 Å². The fourth-order valence-corrected chi connectivity index (χ4v) is 1.63. The summed E-state index contributed by atoms with van der Waals surface area (Å²) in [4.78, 5) is 10.6. The van der Waals surface area contributed by atoms with Crippen molar-refractivity contribution < 1.29 is 14.3 Å². The fraction of sp³-hybridized carbons (Fsp3) is 0.100. The Balaban J connectivity index is 2.45. The van der Waals surface area contributed by atoms with Gasteiger partial charge in [-0.3, -0.25) is 4.79 Å². The number of benzene rings is 1. The number of hydrogen-bond donors (Lipinski definition) is 1. The lowest BCUT2D eigenvalue weighted by Gasteiger charge is -2.05. The molecule has 0 aliphatic carbocycles. The van der Waals surface area contributed by atoms with Crippen LogP contribution in [0.4, 0.5) is 4.39 Å². The molecule has 0 atom stereocenters. The highest BCUT2D eigenvalue weighted by Gasteiger charge is 2.11. The summed E-state index contributed by atoms with van der Waals surface area (Å²) in [5.74, 6) is -1.54. The maximum absolute atomic E-state index is 13.2. The smallest absolute Gasteiger partial charge is 0.309 e. The van der Waals surface area contributed by atoms with Gasteiger partial charge >= 0.3 is 5.97 Å². The van der Waals surface area contributed by atoms with Gasteiger partial charge in [0.15, 0.2) is 0 Å². The van der Waals surface area contributed by atoms with E-state index in [-0.39, 0.29) is 11.4 Å². The summed E-state index contributed by atoms with van der Waals surface area (Å²) in [7, 11) is 0. The monoisotopic (exact) mass is 255 g/mol. The van der Waals surface area contributed by atoms with Gasteiger partial charge < -0.3 is 5.11 Å². The minimum Gasteiger partial charge on any atom is -0.481 e. The van der Waals surface area contributed by atoms with E-state index < -0.39 is 11.8 Å². The Bertz CT molecular complexity index is 550. The molecule has 0 spiro atoms. The van der Waals surface area contributed by atoms with Crippen molar-refractivity contribution in [3.63, 3.8) is 0 Å². The van der Waals surface area contributed by atoms with Crippen LogP contribution in [-0.4, -0.2) is 26.1 Å². The molecular formula is C10H7ClFN3O2. The van der Waals surface area contributed by atoms with Gasteiger partial charge in [-0.2, -0.15) is 0 Å². The molecule has 0 saturated carbocycles. The number of aromatic nitrogens is 3. The van der Waals surface area contributed by atoms with Crippen LogP contribution < -0.4 is 0 Å². The number of carbonyl (C=O) groups is 1. The summed E-state index contributed by atoms with van der Waals surface area (Å²) in [6, 6.07) is 3.83. The second-order valence-corrected chi connectivity index (χ2v) is 3.77. The topological polar surface area (TPSA) is 68.0 Å². The van der Waals surface area contributed by atoms with E-state index in [1.807, 2.05) is 0 Å². The molecular weight excluding hydrogens is 249 g/mol. The number of rotatable bonds is 3. The lowest BCUT2D eigenvalue weighted by molar-refractivity contribution is -0.136. The molecule has 17 heavy (non-hydrogen) atoms. The van der Waals surface area contributed by atoms with Crippen molar-refractivity contribution in [2.75, 3.05) is 0 Å². The lowest BCUT2D eigenvalue weighted by Crippen LogP contribution is -2.08. The first-order valence-corrected chi connectivity index (χ1v) is 5.02. The van der Waals surface area contributed by atoms with E-state index in [0.717, 1.165) is 6.07 Å². The zero-order valence-corrected chi connectivity index (χ0v) is 9.23. The lowest BCUT2D eigenvalue weighted by atomic mass is 10.3. The molecule has 0 bridgehead atoms. The summed E-state index contributed by atoms with van der Waals surface area (Å²) in [5.41, 5.74) is 0.683. The van der Waals surface area contributed by atoms with Crippen LogP contribution in [0.5, 0.6) is 0 Å².